The van der Waals surface area contributed by atoms with Crippen LogP contribution >= 0.6 is 0 Å². The van der Waals surface area contributed by atoms with Crippen LogP contribution in [0.25, 0.3) is 5.57 Å². The molecule has 0 aliphatic heterocycles. The molecule has 0 nitrogen and oxygen atoms in total. The summed E-state index contributed by atoms with van der Waals surface area (Å²) in [6.45, 7) is 13.1. The van der Waals surface area contributed by atoms with Gasteiger partial charge in [-0.3, -0.25) is 0 Å². The number of unbranched alkanes of at least 4 members (excludes halogenated alkanes) is 1. The summed E-state index contributed by atoms with van der Waals surface area (Å²) in [6.07, 6.45) is 17.2. The Kier molecular flexibility index (Phi) is 8.41. The Morgan fingerprint density at radius 1 is 1.04 bits per heavy atom. The second-order valence-corrected chi connectivity index (χ2v) is 7.39. The number of allylic oxidation sites excluding steroid dienone is 8. The molecule has 1 atom stereocenters. The van der Waals surface area contributed by atoms with Gasteiger partial charge in [-0.2, -0.15) is 0 Å². The summed E-state index contributed by atoms with van der Waals surface area (Å²) in [6, 6.07) is 10.6. The lowest BCUT2D eigenvalue weighted by Crippen LogP contribution is -1.99. The van der Waals surface area contributed by atoms with Crippen LogP contribution in [0.4, 0.5) is 0 Å². The first-order chi connectivity index (χ1) is 12.6. The van der Waals surface area contributed by atoms with Crippen LogP contribution < -0.4 is 0 Å². The van der Waals surface area contributed by atoms with Gasteiger partial charge in [0.05, 0.1) is 0 Å². The van der Waals surface area contributed by atoms with Crippen LogP contribution in [0.15, 0.2) is 84.5 Å². The van der Waals surface area contributed by atoms with E-state index in [2.05, 4.69) is 81.6 Å². The standard InChI is InChI=1S/C26H34/c1-5-7-11-23(6-2)20-21(3)14-15-22(4)24-16-18-26(19-17-24)25-12-9-8-10-13-25/h8-10,12-16,18,23H,3-7,11,17,19-20H2,1-2H3/b15-14-. The SMILES string of the molecule is C=C(/C=C\C(=C)C1=CC=C(c2ccccc2)CC1)CC(CC)CCCC. The monoisotopic (exact) mass is 346 g/mol. The number of hydrogen-bond acceptors (Lipinski definition) is 0. The van der Waals surface area contributed by atoms with Gasteiger partial charge in [0.1, 0.15) is 0 Å². The summed E-state index contributed by atoms with van der Waals surface area (Å²) >= 11 is 0. The van der Waals surface area contributed by atoms with Crippen LogP contribution in [0, 0.1) is 5.92 Å². The topological polar surface area (TPSA) is 0 Å². The van der Waals surface area contributed by atoms with Crippen LogP contribution in [0.2, 0.25) is 0 Å². The van der Waals surface area contributed by atoms with Crippen LogP contribution in [0.5, 0.6) is 0 Å². The maximum atomic E-state index is 4.27. The highest BCUT2D eigenvalue weighted by Crippen LogP contribution is 2.30. The third-order valence-corrected chi connectivity index (χ3v) is 5.32. The molecule has 2 rings (SSSR count). The molecule has 1 aliphatic rings. The average molecular weight is 347 g/mol. The fourth-order valence-corrected chi connectivity index (χ4v) is 3.51. The summed E-state index contributed by atoms with van der Waals surface area (Å²) in [7, 11) is 0. The minimum Gasteiger partial charge on any atom is -0.0958 e. The van der Waals surface area contributed by atoms with Gasteiger partial charge in [0.25, 0.3) is 0 Å². The zero-order chi connectivity index (χ0) is 18.8. The summed E-state index contributed by atoms with van der Waals surface area (Å²) in [5.74, 6) is 0.769. The van der Waals surface area contributed by atoms with Crippen molar-refractivity contribution in [3.63, 3.8) is 0 Å². The summed E-state index contributed by atoms with van der Waals surface area (Å²) in [4.78, 5) is 0. The van der Waals surface area contributed by atoms with Crippen LogP contribution in [0.1, 0.15) is 64.4 Å². The first-order valence-corrected chi connectivity index (χ1v) is 10.1. The maximum absolute atomic E-state index is 4.27. The Bertz CT molecular complexity index is 682. The van der Waals surface area contributed by atoms with Gasteiger partial charge < -0.3 is 0 Å². The predicted molar refractivity (Wildman–Crippen MR) is 117 cm³/mol. The number of benzene rings is 1. The molecule has 0 saturated heterocycles. The first-order valence-electron chi connectivity index (χ1n) is 10.1. The second kappa shape index (κ2) is 10.8. The minimum absolute atomic E-state index is 0.769. The summed E-state index contributed by atoms with van der Waals surface area (Å²) in [5.41, 5.74) is 6.43. The van der Waals surface area contributed by atoms with E-state index in [1.54, 1.807) is 0 Å². The molecule has 0 heterocycles. The molecule has 0 heteroatoms. The van der Waals surface area contributed by atoms with Crippen LogP contribution in [-0.4, -0.2) is 0 Å². The lowest BCUT2D eigenvalue weighted by atomic mass is 9.89. The zero-order valence-electron chi connectivity index (χ0n) is 16.6. The van der Waals surface area contributed by atoms with Gasteiger partial charge in [-0.15, -0.1) is 0 Å². The fraction of sp³-hybridized carbons (Fsp3) is 0.385. The van der Waals surface area contributed by atoms with Crippen molar-refractivity contribution in [1.82, 2.24) is 0 Å². The Morgan fingerprint density at radius 2 is 1.81 bits per heavy atom. The quantitative estimate of drug-likeness (QED) is 0.376. The van der Waals surface area contributed by atoms with Gasteiger partial charge in [-0.25, -0.2) is 0 Å². The molecular weight excluding hydrogens is 312 g/mol. The van der Waals surface area contributed by atoms with Gasteiger partial charge >= 0.3 is 0 Å². The molecule has 0 aromatic heterocycles. The molecule has 0 fully saturated rings. The van der Waals surface area contributed by atoms with E-state index in [4.69, 9.17) is 0 Å². The molecule has 1 aliphatic carbocycles. The third-order valence-electron chi connectivity index (χ3n) is 5.32. The van der Waals surface area contributed by atoms with Crippen LogP contribution in [-0.2, 0) is 0 Å². The molecule has 138 valence electrons. The summed E-state index contributed by atoms with van der Waals surface area (Å²) < 4.78 is 0. The molecule has 0 N–H and O–H groups in total. The number of rotatable bonds is 10. The van der Waals surface area contributed by atoms with Crippen molar-refractivity contribution in [3.8, 4) is 0 Å². The molecular formula is C26H34. The lowest BCUT2D eigenvalue weighted by molar-refractivity contribution is 0.451. The van der Waals surface area contributed by atoms with Crippen molar-refractivity contribution >= 4 is 5.57 Å². The van der Waals surface area contributed by atoms with Crippen molar-refractivity contribution in [2.75, 3.05) is 0 Å². The van der Waals surface area contributed by atoms with E-state index in [1.165, 1.54) is 48.0 Å². The van der Waals surface area contributed by atoms with Crippen molar-refractivity contribution in [2.45, 2.75) is 58.8 Å². The highest BCUT2D eigenvalue weighted by Gasteiger charge is 2.10. The molecule has 1 aromatic carbocycles. The van der Waals surface area contributed by atoms with E-state index in [0.29, 0.717) is 0 Å². The minimum atomic E-state index is 0.769. The third kappa shape index (κ3) is 6.33. The smallest absolute Gasteiger partial charge is 0.0224 e. The van der Waals surface area contributed by atoms with Gasteiger partial charge in [0.15, 0.2) is 0 Å². The second-order valence-electron chi connectivity index (χ2n) is 7.39. The molecule has 1 unspecified atom stereocenters. The highest BCUT2D eigenvalue weighted by molar-refractivity contribution is 5.69. The van der Waals surface area contributed by atoms with E-state index in [0.717, 1.165) is 30.8 Å². The number of hydrogen-bond donors (Lipinski definition) is 0. The van der Waals surface area contributed by atoms with E-state index >= 15 is 0 Å². The van der Waals surface area contributed by atoms with Crippen molar-refractivity contribution in [3.05, 3.63) is 90.1 Å². The highest BCUT2D eigenvalue weighted by atomic mass is 14.1. The normalized spacial score (nSPS) is 15.5. The predicted octanol–water partition coefficient (Wildman–Crippen LogP) is 8.07. The molecule has 0 bridgehead atoms. The molecule has 0 amide bonds. The zero-order valence-corrected chi connectivity index (χ0v) is 16.6. The maximum Gasteiger partial charge on any atom is -0.0224 e. The Balaban J connectivity index is 1.91. The van der Waals surface area contributed by atoms with Crippen molar-refractivity contribution in [2.24, 2.45) is 5.92 Å². The fourth-order valence-electron chi connectivity index (χ4n) is 3.51. The Morgan fingerprint density at radius 3 is 2.42 bits per heavy atom. The molecule has 1 aromatic rings. The van der Waals surface area contributed by atoms with Crippen molar-refractivity contribution < 1.29 is 0 Å². The van der Waals surface area contributed by atoms with E-state index < -0.39 is 0 Å². The molecule has 26 heavy (non-hydrogen) atoms. The van der Waals surface area contributed by atoms with Gasteiger partial charge in [-0.1, -0.05) is 113 Å². The Labute approximate surface area is 160 Å². The average Bonchev–Trinajstić information content (AvgIpc) is 2.70. The van der Waals surface area contributed by atoms with Gasteiger partial charge in [0.2, 0.25) is 0 Å². The molecule has 0 spiro atoms. The van der Waals surface area contributed by atoms with Crippen molar-refractivity contribution in [1.29, 1.82) is 0 Å². The van der Waals surface area contributed by atoms with Crippen LogP contribution in [0.3, 0.4) is 0 Å². The Hall–Kier alpha value is -2.08. The first kappa shape index (κ1) is 20.2. The molecule has 0 saturated carbocycles. The largest absolute Gasteiger partial charge is 0.0958 e. The lowest BCUT2D eigenvalue weighted by Gasteiger charge is -2.16. The molecule has 0 radical (unpaired) electrons. The van der Waals surface area contributed by atoms with E-state index in [9.17, 15) is 0 Å². The van der Waals surface area contributed by atoms with E-state index in [-0.39, 0.29) is 0 Å². The van der Waals surface area contributed by atoms with Gasteiger partial charge in [0, 0.05) is 0 Å². The van der Waals surface area contributed by atoms with Gasteiger partial charge in [-0.05, 0) is 47.5 Å². The summed E-state index contributed by atoms with van der Waals surface area (Å²) in [5, 5.41) is 0. The van der Waals surface area contributed by atoms with E-state index in [1.807, 2.05) is 0 Å².